The van der Waals surface area contributed by atoms with Crippen molar-refractivity contribution >= 4 is 43.7 Å². The predicted octanol–water partition coefficient (Wildman–Crippen LogP) is 10.7. The second-order valence-electron chi connectivity index (χ2n) is 11.8. The van der Waals surface area contributed by atoms with E-state index in [1.54, 1.807) is 0 Å². The second-order valence-corrected chi connectivity index (χ2v) is 11.8. The maximum Gasteiger partial charge on any atom is 0.137 e. The van der Waals surface area contributed by atoms with Crippen molar-refractivity contribution in [2.45, 2.75) is 19.3 Å². The molecule has 0 N–H and O–H groups in total. The van der Waals surface area contributed by atoms with Gasteiger partial charge >= 0.3 is 0 Å². The zero-order valence-electron chi connectivity index (χ0n) is 23.0. The summed E-state index contributed by atoms with van der Waals surface area (Å²) < 4.78 is 8.92. The van der Waals surface area contributed by atoms with E-state index in [0.717, 1.165) is 22.2 Å². The van der Waals surface area contributed by atoms with Crippen LogP contribution in [-0.2, 0) is 5.41 Å². The lowest BCUT2D eigenvalue weighted by atomic mass is 9.82. The van der Waals surface area contributed by atoms with Crippen molar-refractivity contribution in [1.82, 2.24) is 4.57 Å². The Labute approximate surface area is 238 Å². The summed E-state index contributed by atoms with van der Waals surface area (Å²) in [7, 11) is 0. The Balaban J connectivity index is 1.32. The molecule has 6 aromatic carbocycles. The SMILES string of the molecule is CC1(C)c2ccccc2-c2cc3c4ccccc4n(-c4ccc5c(c4)oc4cccc(-c6ccccc6)c45)c3cc21. The molecule has 9 rings (SSSR count). The molecule has 0 radical (unpaired) electrons. The zero-order chi connectivity index (χ0) is 27.3. The molecule has 0 spiro atoms. The van der Waals surface area contributed by atoms with Crippen LogP contribution in [0.3, 0.4) is 0 Å². The van der Waals surface area contributed by atoms with Crippen molar-refractivity contribution < 1.29 is 4.42 Å². The third-order valence-electron chi connectivity index (χ3n) is 9.20. The van der Waals surface area contributed by atoms with E-state index in [0.29, 0.717) is 0 Å². The fraction of sp³-hybridized carbons (Fsp3) is 0.0769. The molecule has 0 atom stereocenters. The maximum absolute atomic E-state index is 6.51. The number of para-hydroxylation sites is 1. The van der Waals surface area contributed by atoms with Gasteiger partial charge in [-0.1, -0.05) is 98.8 Å². The number of rotatable bonds is 2. The summed E-state index contributed by atoms with van der Waals surface area (Å²) in [6.07, 6.45) is 0. The van der Waals surface area contributed by atoms with Crippen molar-refractivity contribution in [2.24, 2.45) is 0 Å². The summed E-state index contributed by atoms with van der Waals surface area (Å²) in [5, 5.41) is 4.85. The molecule has 41 heavy (non-hydrogen) atoms. The van der Waals surface area contributed by atoms with Crippen LogP contribution in [0, 0.1) is 0 Å². The van der Waals surface area contributed by atoms with Gasteiger partial charge in [-0.25, -0.2) is 0 Å². The van der Waals surface area contributed by atoms with Crippen molar-refractivity contribution in [3.05, 3.63) is 139 Å². The van der Waals surface area contributed by atoms with Crippen molar-refractivity contribution in [1.29, 1.82) is 0 Å². The standard InChI is InChI=1S/C39H27NO/c1-39(2)32-16-8-6-13-27(32)30-22-31-28-14-7-9-17-34(28)40(35(31)23-33(30)39)25-19-20-29-37(21-25)41-36-18-10-15-26(38(29)36)24-11-4-3-5-12-24/h3-23H,1-2H3. The van der Waals surface area contributed by atoms with Gasteiger partial charge in [-0.05, 0) is 69.8 Å². The van der Waals surface area contributed by atoms with Crippen LogP contribution in [0.4, 0.5) is 0 Å². The molecule has 194 valence electrons. The van der Waals surface area contributed by atoms with Gasteiger partial charge in [0.15, 0.2) is 0 Å². The van der Waals surface area contributed by atoms with Crippen LogP contribution < -0.4 is 0 Å². The van der Waals surface area contributed by atoms with Gasteiger partial charge in [0.25, 0.3) is 0 Å². The number of hydrogen-bond donors (Lipinski definition) is 0. The zero-order valence-corrected chi connectivity index (χ0v) is 23.0. The number of hydrogen-bond acceptors (Lipinski definition) is 1. The van der Waals surface area contributed by atoms with Crippen LogP contribution in [0.25, 0.3) is 71.7 Å². The van der Waals surface area contributed by atoms with Crippen molar-refractivity contribution in [3.8, 4) is 27.9 Å². The molecule has 2 heteroatoms. The molecule has 2 aromatic heterocycles. The molecule has 0 saturated heterocycles. The summed E-state index contributed by atoms with van der Waals surface area (Å²) >= 11 is 0. The molecule has 0 unspecified atom stereocenters. The van der Waals surface area contributed by atoms with Gasteiger partial charge in [-0.2, -0.15) is 0 Å². The summed E-state index contributed by atoms with van der Waals surface area (Å²) in [5.41, 5.74) is 13.2. The van der Waals surface area contributed by atoms with E-state index in [-0.39, 0.29) is 5.41 Å². The van der Waals surface area contributed by atoms with Crippen LogP contribution in [0.5, 0.6) is 0 Å². The maximum atomic E-state index is 6.51. The third kappa shape index (κ3) is 3.02. The summed E-state index contributed by atoms with van der Waals surface area (Å²) in [6, 6.07) is 46.1. The van der Waals surface area contributed by atoms with E-state index in [1.165, 1.54) is 60.6 Å². The Morgan fingerprint density at radius 1 is 0.512 bits per heavy atom. The molecule has 0 aliphatic heterocycles. The van der Waals surface area contributed by atoms with E-state index < -0.39 is 0 Å². The molecule has 0 amide bonds. The molecule has 2 heterocycles. The minimum Gasteiger partial charge on any atom is -0.456 e. The first-order chi connectivity index (χ1) is 20.1. The highest BCUT2D eigenvalue weighted by molar-refractivity contribution is 6.14. The minimum atomic E-state index is -0.0576. The van der Waals surface area contributed by atoms with Gasteiger partial charge in [0, 0.05) is 38.7 Å². The van der Waals surface area contributed by atoms with Gasteiger partial charge in [0.1, 0.15) is 11.2 Å². The normalized spacial score (nSPS) is 13.8. The Bertz CT molecular complexity index is 2330. The molecular formula is C39H27NO. The fourth-order valence-corrected chi connectivity index (χ4v) is 7.25. The molecule has 1 aliphatic carbocycles. The first kappa shape index (κ1) is 22.7. The Kier molecular flexibility index (Phi) is 4.42. The average molecular weight is 526 g/mol. The summed E-state index contributed by atoms with van der Waals surface area (Å²) in [6.45, 7) is 4.70. The van der Waals surface area contributed by atoms with Gasteiger partial charge in [0.05, 0.1) is 11.0 Å². The highest BCUT2D eigenvalue weighted by Gasteiger charge is 2.36. The first-order valence-corrected chi connectivity index (χ1v) is 14.3. The molecule has 1 aliphatic rings. The number of aromatic nitrogens is 1. The topological polar surface area (TPSA) is 18.1 Å². The third-order valence-corrected chi connectivity index (χ3v) is 9.20. The number of furan rings is 1. The molecule has 8 aromatic rings. The van der Waals surface area contributed by atoms with E-state index >= 15 is 0 Å². The van der Waals surface area contributed by atoms with E-state index in [1.807, 2.05) is 0 Å². The second kappa shape index (κ2) is 7.99. The van der Waals surface area contributed by atoms with Gasteiger partial charge < -0.3 is 8.98 Å². The van der Waals surface area contributed by atoms with Gasteiger partial charge in [0.2, 0.25) is 0 Å². The lowest BCUT2D eigenvalue weighted by Gasteiger charge is -2.21. The number of fused-ring (bicyclic) bond motifs is 9. The van der Waals surface area contributed by atoms with E-state index in [4.69, 9.17) is 4.42 Å². The summed E-state index contributed by atoms with van der Waals surface area (Å²) in [4.78, 5) is 0. The number of benzene rings is 6. The average Bonchev–Trinajstić information content (AvgIpc) is 3.62. The summed E-state index contributed by atoms with van der Waals surface area (Å²) in [5.74, 6) is 0. The van der Waals surface area contributed by atoms with Gasteiger partial charge in [-0.3, -0.25) is 0 Å². The lowest BCUT2D eigenvalue weighted by molar-refractivity contribution is 0.661. The van der Waals surface area contributed by atoms with Crippen LogP contribution in [-0.4, -0.2) is 4.57 Å². The molecular weight excluding hydrogens is 498 g/mol. The Hall–Kier alpha value is -5.08. The van der Waals surface area contributed by atoms with Crippen LogP contribution in [0.2, 0.25) is 0 Å². The van der Waals surface area contributed by atoms with Gasteiger partial charge in [-0.15, -0.1) is 0 Å². The monoisotopic (exact) mass is 525 g/mol. The molecule has 0 bridgehead atoms. The highest BCUT2D eigenvalue weighted by atomic mass is 16.3. The minimum absolute atomic E-state index is 0.0576. The van der Waals surface area contributed by atoms with Crippen LogP contribution >= 0.6 is 0 Å². The van der Waals surface area contributed by atoms with Crippen LogP contribution in [0.1, 0.15) is 25.0 Å². The highest BCUT2D eigenvalue weighted by Crippen LogP contribution is 2.51. The largest absolute Gasteiger partial charge is 0.456 e. The smallest absolute Gasteiger partial charge is 0.137 e. The quantitative estimate of drug-likeness (QED) is 0.219. The Morgan fingerprint density at radius 3 is 2.20 bits per heavy atom. The van der Waals surface area contributed by atoms with E-state index in [2.05, 4.69) is 146 Å². The lowest BCUT2D eigenvalue weighted by Crippen LogP contribution is -2.14. The molecule has 0 fully saturated rings. The van der Waals surface area contributed by atoms with E-state index in [9.17, 15) is 0 Å². The molecule has 0 saturated carbocycles. The van der Waals surface area contributed by atoms with Crippen molar-refractivity contribution in [2.75, 3.05) is 0 Å². The number of nitrogens with zero attached hydrogens (tertiary/aromatic N) is 1. The molecule has 2 nitrogen and oxygen atoms in total. The van der Waals surface area contributed by atoms with Crippen LogP contribution in [0.15, 0.2) is 132 Å². The Morgan fingerprint density at radius 2 is 1.29 bits per heavy atom. The van der Waals surface area contributed by atoms with Crippen molar-refractivity contribution in [3.63, 3.8) is 0 Å². The predicted molar refractivity (Wildman–Crippen MR) is 171 cm³/mol. The fourth-order valence-electron chi connectivity index (χ4n) is 7.25. The first-order valence-electron chi connectivity index (χ1n) is 14.3.